The van der Waals surface area contributed by atoms with Gasteiger partial charge in [-0.3, -0.25) is 0 Å². The number of hydrogen-bond acceptors (Lipinski definition) is 7. The molecular formula is C10H14F3NO6. The van der Waals surface area contributed by atoms with Crippen molar-refractivity contribution in [3.8, 4) is 0 Å². The minimum absolute atomic E-state index is 0.0562. The Hall–Kier alpha value is -1.84. The predicted octanol–water partition coefficient (Wildman–Crippen LogP) is -0.0844. The molecule has 0 aliphatic rings. The van der Waals surface area contributed by atoms with Crippen LogP contribution in [0.1, 0.15) is 12.8 Å². The largest absolute Gasteiger partial charge is 0.490 e. The average molecular weight is 301 g/mol. The fourth-order valence-corrected chi connectivity index (χ4v) is 1.32. The van der Waals surface area contributed by atoms with Crippen LogP contribution in [0.25, 0.3) is 0 Å². The smallest absolute Gasteiger partial charge is 0.466 e. The first-order valence-electron chi connectivity index (χ1n) is 5.32. The molecule has 0 aromatic heterocycles. The van der Waals surface area contributed by atoms with Crippen molar-refractivity contribution in [1.29, 1.82) is 0 Å². The number of esters is 3. The Labute approximate surface area is 112 Å². The lowest BCUT2D eigenvalue weighted by Crippen LogP contribution is -2.53. The van der Waals surface area contributed by atoms with Gasteiger partial charge >= 0.3 is 29.7 Å². The second kappa shape index (κ2) is 7.08. The molecule has 0 aromatic rings. The highest BCUT2D eigenvalue weighted by molar-refractivity contribution is 6.05. The van der Waals surface area contributed by atoms with Crippen molar-refractivity contribution in [3.05, 3.63) is 0 Å². The zero-order valence-electron chi connectivity index (χ0n) is 10.8. The van der Waals surface area contributed by atoms with Gasteiger partial charge in [-0.05, 0) is 13.0 Å². The second-order valence-electron chi connectivity index (χ2n) is 3.59. The number of ether oxygens (including phenoxy) is 3. The van der Waals surface area contributed by atoms with Gasteiger partial charge in [-0.1, -0.05) is 0 Å². The van der Waals surface area contributed by atoms with Gasteiger partial charge in [-0.2, -0.15) is 13.2 Å². The molecule has 0 spiro atoms. The summed E-state index contributed by atoms with van der Waals surface area (Å²) < 4.78 is 49.2. The quantitative estimate of drug-likeness (QED) is 0.415. The minimum Gasteiger partial charge on any atom is -0.466 e. The molecule has 0 aliphatic heterocycles. The topological polar surface area (TPSA) is 105 Å². The third-order valence-electron chi connectivity index (χ3n) is 2.26. The van der Waals surface area contributed by atoms with Gasteiger partial charge in [0.25, 0.3) is 0 Å². The van der Waals surface area contributed by atoms with Crippen LogP contribution in [0.4, 0.5) is 13.2 Å². The summed E-state index contributed by atoms with van der Waals surface area (Å²) in [5, 5.41) is 0. The fourth-order valence-electron chi connectivity index (χ4n) is 1.32. The number of rotatable bonds is 6. The van der Waals surface area contributed by atoms with Gasteiger partial charge in [0, 0.05) is 6.42 Å². The number of hydrogen-bond donors (Lipinski definition) is 1. The van der Waals surface area contributed by atoms with Gasteiger partial charge in [0.1, 0.15) is 0 Å². The maximum atomic E-state index is 12.2. The molecule has 0 bridgehead atoms. The highest BCUT2D eigenvalue weighted by atomic mass is 19.4. The van der Waals surface area contributed by atoms with Crippen LogP contribution in [-0.4, -0.2) is 50.4 Å². The normalized spacial score (nSPS) is 11.7. The summed E-state index contributed by atoms with van der Waals surface area (Å²) in [7, 11) is 1.65. The van der Waals surface area contributed by atoms with Crippen LogP contribution in [0, 0.1) is 0 Å². The highest BCUT2D eigenvalue weighted by Gasteiger charge is 2.56. The van der Waals surface area contributed by atoms with Gasteiger partial charge < -0.3 is 19.9 Å². The lowest BCUT2D eigenvalue weighted by Gasteiger charge is -2.28. The lowest BCUT2D eigenvalue weighted by molar-refractivity contribution is -0.223. The van der Waals surface area contributed by atoms with Gasteiger partial charge in [0.05, 0.1) is 14.2 Å². The monoisotopic (exact) mass is 301 g/mol. The molecule has 0 aliphatic carbocycles. The molecular weight excluding hydrogens is 287 g/mol. The summed E-state index contributed by atoms with van der Waals surface area (Å²) in [5.74, 6) is -5.66. The molecule has 0 radical (unpaired) electrons. The molecule has 0 saturated heterocycles. The Kier molecular flexibility index (Phi) is 6.43. The summed E-state index contributed by atoms with van der Waals surface area (Å²) in [6, 6.07) is 0. The first kappa shape index (κ1) is 18.2. The predicted molar refractivity (Wildman–Crippen MR) is 57.2 cm³/mol. The molecule has 20 heavy (non-hydrogen) atoms. The minimum atomic E-state index is -5.38. The van der Waals surface area contributed by atoms with E-state index in [4.69, 9.17) is 5.73 Å². The molecule has 0 heterocycles. The number of alkyl halides is 3. The average Bonchev–Trinajstić information content (AvgIpc) is 2.40. The molecule has 0 atom stereocenters. The van der Waals surface area contributed by atoms with Crippen LogP contribution in [0.2, 0.25) is 0 Å². The number of carbonyl (C=O) groups is 3. The molecule has 0 saturated carbocycles. The van der Waals surface area contributed by atoms with E-state index in [0.29, 0.717) is 0 Å². The molecule has 0 unspecified atom stereocenters. The van der Waals surface area contributed by atoms with Gasteiger partial charge in [-0.25, -0.2) is 14.4 Å². The highest BCUT2D eigenvalue weighted by Crippen LogP contribution is 2.27. The molecule has 116 valence electrons. The summed E-state index contributed by atoms with van der Waals surface area (Å²) >= 11 is 0. The Morgan fingerprint density at radius 3 is 1.75 bits per heavy atom. The van der Waals surface area contributed by atoms with Crippen molar-refractivity contribution in [3.63, 3.8) is 0 Å². The van der Waals surface area contributed by atoms with E-state index in [1.54, 1.807) is 0 Å². The van der Waals surface area contributed by atoms with Crippen molar-refractivity contribution >= 4 is 17.9 Å². The summed E-state index contributed by atoms with van der Waals surface area (Å²) in [4.78, 5) is 34.1. The Balaban J connectivity index is 5.55. The van der Waals surface area contributed by atoms with E-state index >= 15 is 0 Å². The van der Waals surface area contributed by atoms with Crippen molar-refractivity contribution < 1.29 is 41.8 Å². The van der Waals surface area contributed by atoms with E-state index < -0.39 is 36.1 Å². The zero-order valence-corrected chi connectivity index (χ0v) is 10.8. The number of halogens is 3. The maximum Gasteiger partial charge on any atom is 0.490 e. The van der Waals surface area contributed by atoms with Crippen LogP contribution in [0.5, 0.6) is 0 Å². The summed E-state index contributed by atoms with van der Waals surface area (Å²) in [6.07, 6.45) is -6.05. The van der Waals surface area contributed by atoms with Crippen molar-refractivity contribution in [2.75, 3.05) is 20.8 Å². The Morgan fingerprint density at radius 1 is 1.00 bits per heavy atom. The lowest BCUT2D eigenvalue weighted by atomic mass is 9.97. The standard InChI is InChI=1S/C10H14F3NO6/c1-18-6(15)9(4-3-5-14,7(16)19-2)20-8(17)10(11,12)13/h3-5,14H2,1-2H3. The van der Waals surface area contributed by atoms with Crippen molar-refractivity contribution in [2.45, 2.75) is 24.6 Å². The molecule has 0 fully saturated rings. The van der Waals surface area contributed by atoms with Crippen LogP contribution in [-0.2, 0) is 28.6 Å². The molecule has 0 rings (SSSR count). The second-order valence-corrected chi connectivity index (χ2v) is 3.59. The van der Waals surface area contributed by atoms with E-state index in [1.165, 1.54) is 0 Å². The zero-order chi connectivity index (χ0) is 16.0. The SMILES string of the molecule is COC(=O)C(CCCN)(OC(=O)C(F)(F)F)C(=O)OC. The van der Waals surface area contributed by atoms with E-state index in [0.717, 1.165) is 14.2 Å². The van der Waals surface area contributed by atoms with Crippen LogP contribution in [0.15, 0.2) is 0 Å². The van der Waals surface area contributed by atoms with Crippen LogP contribution < -0.4 is 5.73 Å². The van der Waals surface area contributed by atoms with Crippen LogP contribution >= 0.6 is 0 Å². The first-order chi connectivity index (χ1) is 9.15. The molecule has 0 aromatic carbocycles. The first-order valence-corrected chi connectivity index (χ1v) is 5.32. The Morgan fingerprint density at radius 2 is 1.45 bits per heavy atom. The van der Waals surface area contributed by atoms with Crippen molar-refractivity contribution in [2.24, 2.45) is 5.73 Å². The van der Waals surface area contributed by atoms with Crippen LogP contribution in [0.3, 0.4) is 0 Å². The third kappa shape index (κ3) is 4.08. The summed E-state index contributed by atoms with van der Waals surface area (Å²) in [6.45, 7) is -0.0562. The molecule has 7 nitrogen and oxygen atoms in total. The number of nitrogens with two attached hydrogens (primary N) is 1. The van der Waals surface area contributed by atoms with E-state index in [2.05, 4.69) is 14.2 Å². The van der Waals surface area contributed by atoms with Gasteiger partial charge in [-0.15, -0.1) is 0 Å². The maximum absolute atomic E-state index is 12.2. The van der Waals surface area contributed by atoms with E-state index in [-0.39, 0.29) is 13.0 Å². The molecule has 10 heteroatoms. The number of methoxy groups -OCH3 is 2. The third-order valence-corrected chi connectivity index (χ3v) is 2.26. The van der Waals surface area contributed by atoms with Gasteiger partial charge in [0.15, 0.2) is 0 Å². The number of carbonyl (C=O) groups excluding carboxylic acids is 3. The van der Waals surface area contributed by atoms with E-state index in [1.807, 2.05) is 0 Å². The Bertz CT molecular complexity index is 366. The van der Waals surface area contributed by atoms with E-state index in [9.17, 15) is 27.6 Å². The van der Waals surface area contributed by atoms with Crippen molar-refractivity contribution in [1.82, 2.24) is 0 Å². The van der Waals surface area contributed by atoms with Gasteiger partial charge in [0.2, 0.25) is 0 Å². The molecule has 2 N–H and O–H groups in total. The summed E-state index contributed by atoms with van der Waals surface area (Å²) in [5.41, 5.74) is 2.34. The molecule has 0 amide bonds. The fraction of sp³-hybridized carbons (Fsp3) is 0.700.